The third-order valence-electron chi connectivity index (χ3n) is 5.07. The molecule has 7 heteroatoms. The lowest BCUT2D eigenvalue weighted by Gasteiger charge is -2.30. The van der Waals surface area contributed by atoms with Crippen molar-refractivity contribution >= 4 is 23.4 Å². The molecule has 5 nitrogen and oxygen atoms in total. The van der Waals surface area contributed by atoms with Crippen molar-refractivity contribution in [2.75, 3.05) is 7.11 Å². The first-order valence-corrected chi connectivity index (χ1v) is 10.3. The van der Waals surface area contributed by atoms with E-state index in [2.05, 4.69) is 5.32 Å². The molecule has 0 spiro atoms. The minimum atomic E-state index is -0.737. The summed E-state index contributed by atoms with van der Waals surface area (Å²) in [6, 6.07) is 10.8. The number of rotatable bonds is 9. The lowest BCUT2D eigenvalue weighted by atomic mass is 10.1. The standard InChI is InChI=1S/C23H28ClFN2O3/c1-5-15(2)26-23(29)16(3)27(14-17-9-11-18(30-4)12-10-17)22(28)13-19-20(24)7-6-8-21(19)25/h6-12,15-16H,5,13-14H2,1-4H3,(H,26,29)/t15-,16+/m0/s1. The minimum Gasteiger partial charge on any atom is -0.497 e. The Morgan fingerprint density at radius 2 is 1.83 bits per heavy atom. The number of nitrogens with one attached hydrogen (secondary N) is 1. The van der Waals surface area contributed by atoms with Gasteiger partial charge in [0, 0.05) is 23.2 Å². The molecule has 0 saturated heterocycles. The van der Waals surface area contributed by atoms with Crippen LogP contribution in [-0.2, 0) is 22.6 Å². The molecule has 2 aromatic carbocycles. The van der Waals surface area contributed by atoms with Crippen molar-refractivity contribution in [2.45, 2.75) is 52.2 Å². The molecule has 0 aliphatic rings. The number of halogens is 2. The summed E-state index contributed by atoms with van der Waals surface area (Å²) in [5, 5.41) is 3.09. The topological polar surface area (TPSA) is 58.6 Å². The zero-order valence-corrected chi connectivity index (χ0v) is 18.5. The summed E-state index contributed by atoms with van der Waals surface area (Å²) in [5.74, 6) is -0.496. The number of amides is 2. The lowest BCUT2D eigenvalue weighted by molar-refractivity contribution is -0.140. The third-order valence-corrected chi connectivity index (χ3v) is 5.42. The largest absolute Gasteiger partial charge is 0.497 e. The van der Waals surface area contributed by atoms with Gasteiger partial charge in [-0.25, -0.2) is 4.39 Å². The fourth-order valence-corrected chi connectivity index (χ4v) is 3.16. The van der Waals surface area contributed by atoms with Crippen molar-refractivity contribution in [3.63, 3.8) is 0 Å². The molecular formula is C23H28ClFN2O3. The summed E-state index contributed by atoms with van der Waals surface area (Å²) in [7, 11) is 1.57. The second-order valence-electron chi connectivity index (χ2n) is 7.24. The predicted molar refractivity (Wildman–Crippen MR) is 116 cm³/mol. The van der Waals surface area contributed by atoms with Crippen LogP contribution in [0, 0.1) is 5.82 Å². The van der Waals surface area contributed by atoms with Crippen molar-refractivity contribution in [3.8, 4) is 5.75 Å². The number of hydrogen-bond acceptors (Lipinski definition) is 3. The predicted octanol–water partition coefficient (Wildman–Crippen LogP) is 4.36. The van der Waals surface area contributed by atoms with E-state index in [0.717, 1.165) is 12.0 Å². The van der Waals surface area contributed by atoms with E-state index >= 15 is 0 Å². The van der Waals surface area contributed by atoms with Crippen LogP contribution in [-0.4, -0.2) is 35.9 Å². The maximum absolute atomic E-state index is 14.2. The Kier molecular flexibility index (Phi) is 8.66. The molecule has 0 saturated carbocycles. The molecule has 2 atom stereocenters. The van der Waals surface area contributed by atoms with E-state index in [0.29, 0.717) is 5.75 Å². The molecule has 2 aromatic rings. The van der Waals surface area contributed by atoms with Crippen molar-refractivity contribution in [3.05, 3.63) is 64.4 Å². The van der Waals surface area contributed by atoms with Crippen LogP contribution in [0.25, 0.3) is 0 Å². The SMILES string of the molecule is CC[C@H](C)NC(=O)[C@@H](C)N(Cc1ccc(OC)cc1)C(=O)Cc1c(F)cccc1Cl. The second kappa shape index (κ2) is 11.0. The minimum absolute atomic E-state index is 0.0149. The molecule has 0 bridgehead atoms. The first-order chi connectivity index (χ1) is 14.3. The summed E-state index contributed by atoms with van der Waals surface area (Å²) < 4.78 is 19.4. The van der Waals surface area contributed by atoms with Crippen LogP contribution in [0.2, 0.25) is 5.02 Å². The molecule has 0 aliphatic carbocycles. The second-order valence-corrected chi connectivity index (χ2v) is 7.65. The Morgan fingerprint density at radius 1 is 1.17 bits per heavy atom. The fourth-order valence-electron chi connectivity index (χ4n) is 2.93. The maximum atomic E-state index is 14.2. The van der Waals surface area contributed by atoms with Crippen molar-refractivity contribution in [1.82, 2.24) is 10.2 Å². The summed E-state index contributed by atoms with van der Waals surface area (Å²) >= 11 is 6.10. The molecule has 0 unspecified atom stereocenters. The van der Waals surface area contributed by atoms with Gasteiger partial charge >= 0.3 is 0 Å². The van der Waals surface area contributed by atoms with Gasteiger partial charge in [-0.1, -0.05) is 36.7 Å². The Balaban J connectivity index is 2.28. The number of carbonyl (C=O) groups excluding carboxylic acids is 2. The van der Waals surface area contributed by atoms with Crippen molar-refractivity contribution < 1.29 is 18.7 Å². The van der Waals surface area contributed by atoms with Crippen LogP contribution in [0.3, 0.4) is 0 Å². The van der Waals surface area contributed by atoms with E-state index in [9.17, 15) is 14.0 Å². The number of carbonyl (C=O) groups is 2. The van der Waals surface area contributed by atoms with Crippen LogP contribution in [0.4, 0.5) is 4.39 Å². The molecule has 0 radical (unpaired) electrons. The Hall–Kier alpha value is -2.60. The van der Waals surface area contributed by atoms with Crippen LogP contribution >= 0.6 is 11.6 Å². The lowest BCUT2D eigenvalue weighted by Crippen LogP contribution is -2.50. The average molecular weight is 435 g/mol. The number of nitrogens with zero attached hydrogens (tertiary/aromatic N) is 1. The van der Waals surface area contributed by atoms with Gasteiger partial charge in [0.25, 0.3) is 0 Å². The molecule has 162 valence electrons. The molecule has 0 heterocycles. The maximum Gasteiger partial charge on any atom is 0.242 e. The first-order valence-electron chi connectivity index (χ1n) is 9.92. The highest BCUT2D eigenvalue weighted by Gasteiger charge is 2.28. The summed E-state index contributed by atoms with van der Waals surface area (Å²) in [5.41, 5.74) is 0.949. The Morgan fingerprint density at radius 3 is 2.40 bits per heavy atom. The number of ether oxygens (including phenoxy) is 1. The van der Waals surface area contributed by atoms with Gasteiger partial charge in [0.2, 0.25) is 11.8 Å². The number of methoxy groups -OCH3 is 1. The molecular weight excluding hydrogens is 407 g/mol. The molecule has 0 fully saturated rings. The molecule has 2 amide bonds. The third kappa shape index (κ3) is 6.20. The van der Waals surface area contributed by atoms with Crippen LogP contribution < -0.4 is 10.1 Å². The Labute approximate surface area is 182 Å². The average Bonchev–Trinajstić information content (AvgIpc) is 2.74. The van der Waals surface area contributed by atoms with Crippen molar-refractivity contribution in [1.29, 1.82) is 0 Å². The van der Waals surface area contributed by atoms with Crippen LogP contribution in [0.5, 0.6) is 5.75 Å². The van der Waals surface area contributed by atoms with E-state index in [-0.39, 0.29) is 41.4 Å². The zero-order chi connectivity index (χ0) is 22.3. The van der Waals surface area contributed by atoms with E-state index in [1.165, 1.54) is 17.0 Å². The molecule has 0 aliphatic heterocycles. The number of benzene rings is 2. The van der Waals surface area contributed by atoms with Crippen LogP contribution in [0.1, 0.15) is 38.3 Å². The van der Waals surface area contributed by atoms with E-state index in [1.807, 2.05) is 26.0 Å². The molecule has 0 aromatic heterocycles. The highest BCUT2D eigenvalue weighted by Crippen LogP contribution is 2.22. The monoisotopic (exact) mass is 434 g/mol. The van der Waals surface area contributed by atoms with Gasteiger partial charge in [-0.3, -0.25) is 9.59 Å². The van der Waals surface area contributed by atoms with E-state index in [4.69, 9.17) is 16.3 Å². The van der Waals surface area contributed by atoms with Crippen molar-refractivity contribution in [2.24, 2.45) is 0 Å². The summed E-state index contributed by atoms with van der Waals surface area (Å²) in [6.45, 7) is 5.74. The zero-order valence-electron chi connectivity index (χ0n) is 17.7. The highest BCUT2D eigenvalue weighted by molar-refractivity contribution is 6.31. The normalized spacial score (nSPS) is 12.7. The van der Waals surface area contributed by atoms with Gasteiger partial charge in [0.1, 0.15) is 17.6 Å². The number of hydrogen-bond donors (Lipinski definition) is 1. The van der Waals surface area contributed by atoms with Gasteiger partial charge in [-0.05, 0) is 50.1 Å². The summed E-state index contributed by atoms with van der Waals surface area (Å²) in [4.78, 5) is 27.3. The highest BCUT2D eigenvalue weighted by atomic mass is 35.5. The fraction of sp³-hybridized carbons (Fsp3) is 0.391. The molecule has 2 rings (SSSR count). The molecule has 30 heavy (non-hydrogen) atoms. The Bertz CT molecular complexity index is 853. The van der Waals surface area contributed by atoms with E-state index < -0.39 is 11.9 Å². The van der Waals surface area contributed by atoms with Gasteiger partial charge < -0.3 is 15.0 Å². The quantitative estimate of drug-likeness (QED) is 0.637. The smallest absolute Gasteiger partial charge is 0.242 e. The summed E-state index contributed by atoms with van der Waals surface area (Å²) in [6.07, 6.45) is 0.540. The first kappa shape index (κ1) is 23.7. The van der Waals surface area contributed by atoms with Gasteiger partial charge in [0.05, 0.1) is 13.5 Å². The van der Waals surface area contributed by atoms with Gasteiger partial charge in [-0.2, -0.15) is 0 Å². The van der Waals surface area contributed by atoms with Gasteiger partial charge in [-0.15, -0.1) is 0 Å². The van der Waals surface area contributed by atoms with E-state index in [1.54, 1.807) is 32.2 Å². The van der Waals surface area contributed by atoms with Gasteiger partial charge in [0.15, 0.2) is 0 Å². The van der Waals surface area contributed by atoms with Crippen LogP contribution in [0.15, 0.2) is 42.5 Å². The molecule has 1 N–H and O–H groups in total.